The summed E-state index contributed by atoms with van der Waals surface area (Å²) in [6.07, 6.45) is 6.14. The van der Waals surface area contributed by atoms with Crippen LogP contribution in [0.15, 0.2) is 48.1 Å². The first-order valence-corrected chi connectivity index (χ1v) is 10.2. The fraction of sp³-hybridized carbons (Fsp3) is 0.364. The summed E-state index contributed by atoms with van der Waals surface area (Å²) >= 11 is 0. The van der Waals surface area contributed by atoms with Crippen LogP contribution in [-0.2, 0) is 16.1 Å². The van der Waals surface area contributed by atoms with Crippen molar-refractivity contribution < 1.29 is 14.4 Å². The van der Waals surface area contributed by atoms with Gasteiger partial charge in [-0.05, 0) is 28.9 Å². The summed E-state index contributed by atoms with van der Waals surface area (Å²) in [5.74, 6) is 1.34. The van der Waals surface area contributed by atoms with Crippen molar-refractivity contribution in [1.29, 1.82) is 0 Å². The number of benzene rings is 1. The van der Waals surface area contributed by atoms with E-state index in [1.54, 1.807) is 25.5 Å². The molecule has 8 nitrogen and oxygen atoms in total. The molecule has 0 spiro atoms. The van der Waals surface area contributed by atoms with Crippen molar-refractivity contribution in [3.8, 4) is 0 Å². The van der Waals surface area contributed by atoms with E-state index in [9.17, 15) is 4.79 Å². The number of aryl methyl sites for hydroxylation is 1. The smallest absolute Gasteiger partial charge is 0.261 e. The molecule has 0 atom stereocenters. The van der Waals surface area contributed by atoms with E-state index in [4.69, 9.17) is 4.84 Å². The molecule has 0 unspecified atom stereocenters. The Bertz CT molecular complexity index is 980. The number of amides is 1. The molecular formula is C22H27N6O2+. The number of carbonyl (C=O) groups is 1. The van der Waals surface area contributed by atoms with Crippen molar-refractivity contribution in [1.82, 2.24) is 9.97 Å². The van der Waals surface area contributed by atoms with Crippen LogP contribution >= 0.6 is 0 Å². The van der Waals surface area contributed by atoms with Gasteiger partial charge in [0, 0.05) is 45.5 Å². The predicted molar refractivity (Wildman–Crippen MR) is 117 cm³/mol. The number of rotatable bonds is 5. The summed E-state index contributed by atoms with van der Waals surface area (Å²) in [5.41, 5.74) is 3.70. The fourth-order valence-corrected chi connectivity index (χ4v) is 3.79. The molecule has 2 aromatic rings. The monoisotopic (exact) mass is 407 g/mol. The molecule has 8 heteroatoms. The van der Waals surface area contributed by atoms with Crippen molar-refractivity contribution in [2.24, 2.45) is 0 Å². The molecule has 4 rings (SSSR count). The average molecular weight is 407 g/mol. The topological polar surface area (TPSA) is 73.6 Å². The molecular weight excluding hydrogens is 380 g/mol. The summed E-state index contributed by atoms with van der Waals surface area (Å²) in [7, 11) is 0. The molecule has 1 aromatic carbocycles. The van der Waals surface area contributed by atoms with Gasteiger partial charge in [-0.2, -0.15) is 0 Å². The first-order valence-electron chi connectivity index (χ1n) is 10.2. The number of nitrogens with zero attached hydrogens (tertiary/aromatic N) is 5. The molecule has 0 radical (unpaired) electrons. The maximum Gasteiger partial charge on any atom is 0.261 e. The zero-order valence-corrected chi connectivity index (χ0v) is 17.5. The Hall–Kier alpha value is -3.42. The summed E-state index contributed by atoms with van der Waals surface area (Å²) in [4.78, 5) is 31.4. The summed E-state index contributed by atoms with van der Waals surface area (Å²) in [6.45, 7) is 11.4. The van der Waals surface area contributed by atoms with Gasteiger partial charge in [-0.1, -0.05) is 13.0 Å². The normalized spacial score (nSPS) is 16.7. The number of nitrogens with one attached hydrogen (secondary N) is 1. The Balaban J connectivity index is 1.52. The van der Waals surface area contributed by atoms with E-state index in [0.29, 0.717) is 17.9 Å². The zero-order valence-electron chi connectivity index (χ0n) is 17.5. The van der Waals surface area contributed by atoms with E-state index < -0.39 is 0 Å². The molecule has 30 heavy (non-hydrogen) atoms. The first kappa shape index (κ1) is 19.9. The number of hydrogen-bond acceptors (Lipinski definition) is 6. The Labute approximate surface area is 176 Å². The van der Waals surface area contributed by atoms with E-state index >= 15 is 0 Å². The Morgan fingerprint density at radius 3 is 2.63 bits per heavy atom. The van der Waals surface area contributed by atoms with Crippen LogP contribution in [-0.4, -0.2) is 60.1 Å². The van der Waals surface area contributed by atoms with Gasteiger partial charge < -0.3 is 15.1 Å². The minimum absolute atomic E-state index is 0.151. The third-order valence-electron chi connectivity index (χ3n) is 5.51. The minimum atomic E-state index is -0.151. The Kier molecular flexibility index (Phi) is 5.65. The lowest BCUT2D eigenvalue weighted by atomic mass is 10.1. The van der Waals surface area contributed by atoms with Crippen molar-refractivity contribution in [3.63, 3.8) is 0 Å². The quantitative estimate of drug-likeness (QED) is 0.767. The molecule has 0 aliphatic carbocycles. The molecule has 3 heterocycles. The van der Waals surface area contributed by atoms with E-state index in [1.165, 1.54) is 10.3 Å². The number of hydrogen-bond donors (Lipinski definition) is 1. The highest BCUT2D eigenvalue weighted by atomic mass is 16.7. The number of allylic oxidation sites excluding steroid dienone is 1. The molecule has 1 fully saturated rings. The summed E-state index contributed by atoms with van der Waals surface area (Å²) in [5, 5.41) is 3.09. The maximum atomic E-state index is 12.9. The van der Waals surface area contributed by atoms with Gasteiger partial charge in [-0.15, -0.1) is 0 Å². The van der Waals surface area contributed by atoms with E-state index in [2.05, 4.69) is 50.9 Å². The van der Waals surface area contributed by atoms with Crippen LogP contribution in [0.5, 0.6) is 0 Å². The number of piperazine rings is 1. The van der Waals surface area contributed by atoms with Crippen LogP contribution in [0.1, 0.15) is 19.4 Å². The second-order valence-electron chi connectivity index (χ2n) is 7.46. The highest BCUT2D eigenvalue weighted by molar-refractivity contribution is 6.06. The number of carbonyl (C=O) groups excluding carboxylic acids is 1. The first-order chi connectivity index (χ1) is 14.5. The second kappa shape index (κ2) is 8.52. The predicted octanol–water partition coefficient (Wildman–Crippen LogP) is 2.24. The molecule has 0 saturated carbocycles. The molecule has 2 aliphatic rings. The molecule has 1 aromatic heterocycles. The summed E-state index contributed by atoms with van der Waals surface area (Å²) < 4.78 is 1.41. The van der Waals surface area contributed by atoms with Crippen LogP contribution in [0, 0.1) is 0 Å². The van der Waals surface area contributed by atoms with Crippen molar-refractivity contribution >= 4 is 29.8 Å². The number of anilines is 3. The molecule has 1 amide bonds. The Morgan fingerprint density at radius 1 is 1.23 bits per heavy atom. The second-order valence-corrected chi connectivity index (χ2v) is 7.46. The van der Waals surface area contributed by atoms with Gasteiger partial charge in [0.05, 0.1) is 17.6 Å². The van der Waals surface area contributed by atoms with Gasteiger partial charge >= 0.3 is 0 Å². The van der Waals surface area contributed by atoms with Crippen LogP contribution in [0.2, 0.25) is 0 Å². The van der Waals surface area contributed by atoms with Crippen LogP contribution in [0.4, 0.5) is 17.2 Å². The van der Waals surface area contributed by atoms with E-state index in [0.717, 1.165) is 49.8 Å². The fourth-order valence-electron chi connectivity index (χ4n) is 3.79. The van der Waals surface area contributed by atoms with Crippen molar-refractivity contribution in [3.05, 3.63) is 53.7 Å². The largest absolute Gasteiger partial charge is 0.366 e. The number of aromatic nitrogens is 2. The van der Waals surface area contributed by atoms with Crippen LogP contribution < -0.4 is 15.1 Å². The van der Waals surface area contributed by atoms with Gasteiger partial charge in [0.25, 0.3) is 5.91 Å². The highest BCUT2D eigenvalue weighted by Crippen LogP contribution is 2.30. The maximum absolute atomic E-state index is 12.9. The number of hydroxylamine groups is 1. The third kappa shape index (κ3) is 4.12. The lowest BCUT2D eigenvalue weighted by molar-refractivity contribution is -0.751. The minimum Gasteiger partial charge on any atom is -0.366 e. The molecule has 1 saturated heterocycles. The van der Waals surface area contributed by atoms with Crippen LogP contribution in [0.3, 0.4) is 0 Å². The summed E-state index contributed by atoms with van der Waals surface area (Å²) in [6, 6.07) is 6.23. The highest BCUT2D eigenvalue weighted by Gasteiger charge is 2.30. The molecule has 0 bridgehead atoms. The SMILES string of the molecule is C=[N+]1CC(C(=O)Nc2ccc(CC)cc2N2CCN(c3cnccn3)CC2)=C(C)O1. The third-order valence-corrected chi connectivity index (χ3v) is 5.51. The lowest BCUT2D eigenvalue weighted by Crippen LogP contribution is -2.47. The average Bonchev–Trinajstić information content (AvgIpc) is 3.13. The van der Waals surface area contributed by atoms with E-state index in [1.807, 2.05) is 6.07 Å². The zero-order chi connectivity index (χ0) is 21.1. The van der Waals surface area contributed by atoms with Gasteiger partial charge in [0.2, 0.25) is 6.54 Å². The standard InChI is InChI=1S/C22H26N6O2/c1-4-17-5-6-19(25-22(29)18-15-26(3)30-16(18)2)20(13-17)27-9-11-28(12-10-27)21-14-23-7-8-24-21/h5-8,13-14H,3-4,9-12,15H2,1-2H3/p+1. The van der Waals surface area contributed by atoms with Crippen molar-refractivity contribution in [2.45, 2.75) is 20.3 Å². The van der Waals surface area contributed by atoms with Gasteiger partial charge in [0.15, 0.2) is 12.5 Å². The van der Waals surface area contributed by atoms with E-state index in [-0.39, 0.29) is 5.91 Å². The van der Waals surface area contributed by atoms with Gasteiger partial charge in [-0.25, -0.2) is 9.82 Å². The Morgan fingerprint density at radius 2 is 2.00 bits per heavy atom. The van der Waals surface area contributed by atoms with Gasteiger partial charge in [0.1, 0.15) is 11.4 Å². The van der Waals surface area contributed by atoms with Gasteiger partial charge in [-0.3, -0.25) is 9.78 Å². The lowest BCUT2D eigenvalue weighted by Gasteiger charge is -2.37. The van der Waals surface area contributed by atoms with Crippen molar-refractivity contribution in [2.75, 3.05) is 47.8 Å². The van der Waals surface area contributed by atoms with Crippen LogP contribution in [0.25, 0.3) is 0 Å². The molecule has 156 valence electrons. The molecule has 1 N–H and O–H groups in total. The molecule has 2 aliphatic heterocycles.